The van der Waals surface area contributed by atoms with E-state index in [2.05, 4.69) is 31.0 Å². The summed E-state index contributed by atoms with van der Waals surface area (Å²) in [5, 5.41) is 13.4. The average molecular weight is 275 g/mol. The van der Waals surface area contributed by atoms with Gasteiger partial charge in [-0.15, -0.1) is 11.3 Å². The number of hydrogen-bond acceptors (Lipinski definition) is 3. The minimum atomic E-state index is -0.464. The molecule has 0 aliphatic heterocycles. The molecule has 2 rings (SSSR count). The number of nitrogens with zero attached hydrogens (tertiary/aromatic N) is 1. The Morgan fingerprint density at radius 1 is 1.26 bits per heavy atom. The second kappa shape index (κ2) is 6.31. The Bertz CT molecular complexity index is 533. The Morgan fingerprint density at radius 2 is 2.05 bits per heavy atom. The Labute approximate surface area is 119 Å². The van der Waals surface area contributed by atoms with Crippen LogP contribution in [0, 0.1) is 12.8 Å². The van der Waals surface area contributed by atoms with Gasteiger partial charge in [-0.1, -0.05) is 38.1 Å². The molecule has 19 heavy (non-hydrogen) atoms. The monoisotopic (exact) mass is 275 g/mol. The highest BCUT2D eigenvalue weighted by atomic mass is 32.1. The summed E-state index contributed by atoms with van der Waals surface area (Å²) in [5.41, 5.74) is 3.26. The van der Waals surface area contributed by atoms with Crippen molar-refractivity contribution in [2.45, 2.75) is 39.7 Å². The van der Waals surface area contributed by atoms with Crippen LogP contribution < -0.4 is 0 Å². The molecule has 1 atom stereocenters. The van der Waals surface area contributed by atoms with Crippen LogP contribution in [-0.4, -0.2) is 10.1 Å². The zero-order chi connectivity index (χ0) is 13.8. The van der Waals surface area contributed by atoms with Gasteiger partial charge >= 0.3 is 0 Å². The average Bonchev–Trinajstić information content (AvgIpc) is 2.74. The predicted octanol–water partition coefficient (Wildman–Crippen LogP) is 3.93. The molecule has 0 saturated heterocycles. The van der Waals surface area contributed by atoms with Crippen LogP contribution in [0.15, 0.2) is 29.6 Å². The number of aromatic nitrogens is 1. The number of benzene rings is 1. The molecular weight excluding hydrogens is 254 g/mol. The first-order chi connectivity index (χ1) is 9.04. The zero-order valence-electron chi connectivity index (χ0n) is 11.8. The fraction of sp³-hybridized carbons (Fsp3) is 0.438. The molecule has 0 fully saturated rings. The van der Waals surface area contributed by atoms with Gasteiger partial charge in [0, 0.05) is 11.8 Å². The van der Waals surface area contributed by atoms with E-state index in [1.807, 2.05) is 24.4 Å². The van der Waals surface area contributed by atoms with Gasteiger partial charge in [0.2, 0.25) is 0 Å². The SMILES string of the molecule is Cc1nc(CC(O)c2cccc(CC(C)C)c2)cs1. The van der Waals surface area contributed by atoms with Crippen molar-refractivity contribution in [3.8, 4) is 0 Å². The topological polar surface area (TPSA) is 33.1 Å². The van der Waals surface area contributed by atoms with Crippen molar-refractivity contribution in [3.05, 3.63) is 51.5 Å². The van der Waals surface area contributed by atoms with E-state index in [9.17, 15) is 5.11 Å². The lowest BCUT2D eigenvalue weighted by Gasteiger charge is -2.12. The molecule has 102 valence electrons. The lowest BCUT2D eigenvalue weighted by Crippen LogP contribution is -2.03. The maximum atomic E-state index is 10.3. The zero-order valence-corrected chi connectivity index (χ0v) is 12.6. The van der Waals surface area contributed by atoms with Gasteiger partial charge in [0.25, 0.3) is 0 Å². The molecule has 2 nitrogen and oxygen atoms in total. The van der Waals surface area contributed by atoms with Crippen LogP contribution in [0.5, 0.6) is 0 Å². The van der Waals surface area contributed by atoms with Crippen molar-refractivity contribution in [3.63, 3.8) is 0 Å². The quantitative estimate of drug-likeness (QED) is 0.897. The first-order valence-electron chi connectivity index (χ1n) is 6.72. The molecule has 1 heterocycles. The van der Waals surface area contributed by atoms with Crippen LogP contribution in [0.1, 0.15) is 41.8 Å². The highest BCUT2D eigenvalue weighted by molar-refractivity contribution is 7.09. The second-order valence-corrected chi connectivity index (χ2v) is 6.48. The van der Waals surface area contributed by atoms with E-state index in [-0.39, 0.29) is 0 Å². The minimum Gasteiger partial charge on any atom is -0.388 e. The molecule has 2 aromatic rings. The number of aryl methyl sites for hydroxylation is 1. The molecule has 0 spiro atoms. The fourth-order valence-electron chi connectivity index (χ4n) is 2.22. The normalized spacial score (nSPS) is 12.9. The third-order valence-corrected chi connectivity index (χ3v) is 3.87. The van der Waals surface area contributed by atoms with E-state index in [4.69, 9.17) is 0 Å². The van der Waals surface area contributed by atoms with Crippen LogP contribution in [0.3, 0.4) is 0 Å². The van der Waals surface area contributed by atoms with Crippen molar-refractivity contribution >= 4 is 11.3 Å². The van der Waals surface area contributed by atoms with Gasteiger partial charge in [-0.05, 0) is 30.4 Å². The highest BCUT2D eigenvalue weighted by Crippen LogP contribution is 2.21. The molecule has 0 aliphatic carbocycles. The Kier molecular flexibility index (Phi) is 4.72. The van der Waals surface area contributed by atoms with E-state index >= 15 is 0 Å². The molecule has 0 saturated carbocycles. The van der Waals surface area contributed by atoms with Crippen molar-refractivity contribution < 1.29 is 5.11 Å². The van der Waals surface area contributed by atoms with Gasteiger partial charge in [-0.3, -0.25) is 0 Å². The molecule has 3 heteroatoms. The highest BCUT2D eigenvalue weighted by Gasteiger charge is 2.11. The second-order valence-electron chi connectivity index (χ2n) is 5.42. The lowest BCUT2D eigenvalue weighted by molar-refractivity contribution is 0.177. The van der Waals surface area contributed by atoms with E-state index in [0.717, 1.165) is 22.7 Å². The Balaban J connectivity index is 2.08. The Hall–Kier alpha value is -1.19. The van der Waals surface area contributed by atoms with E-state index in [1.165, 1.54) is 5.56 Å². The maximum absolute atomic E-state index is 10.3. The predicted molar refractivity (Wildman–Crippen MR) is 80.5 cm³/mol. The molecule has 0 amide bonds. The summed E-state index contributed by atoms with van der Waals surface area (Å²) in [4.78, 5) is 4.41. The summed E-state index contributed by atoms with van der Waals surface area (Å²) >= 11 is 1.63. The molecular formula is C16H21NOS. The van der Waals surface area contributed by atoms with Gasteiger partial charge in [0.05, 0.1) is 16.8 Å². The van der Waals surface area contributed by atoms with Crippen LogP contribution in [0.25, 0.3) is 0 Å². The first-order valence-corrected chi connectivity index (χ1v) is 7.60. The van der Waals surface area contributed by atoms with E-state index in [1.54, 1.807) is 11.3 Å². The van der Waals surface area contributed by atoms with Gasteiger partial charge < -0.3 is 5.11 Å². The minimum absolute atomic E-state index is 0.464. The van der Waals surface area contributed by atoms with Crippen molar-refractivity contribution in [2.24, 2.45) is 5.92 Å². The summed E-state index contributed by atoms with van der Waals surface area (Å²) in [6.07, 6.45) is 1.18. The smallest absolute Gasteiger partial charge is 0.0897 e. The van der Waals surface area contributed by atoms with Crippen LogP contribution >= 0.6 is 11.3 Å². The first kappa shape index (κ1) is 14.2. The third kappa shape index (κ3) is 4.15. The molecule has 1 aromatic carbocycles. The third-order valence-electron chi connectivity index (χ3n) is 3.05. The number of thiazole rings is 1. The van der Waals surface area contributed by atoms with Gasteiger partial charge in [-0.25, -0.2) is 4.98 Å². The van der Waals surface area contributed by atoms with Gasteiger partial charge in [-0.2, -0.15) is 0 Å². The largest absolute Gasteiger partial charge is 0.388 e. The van der Waals surface area contributed by atoms with E-state index < -0.39 is 6.10 Å². The summed E-state index contributed by atoms with van der Waals surface area (Å²) in [7, 11) is 0. The maximum Gasteiger partial charge on any atom is 0.0897 e. The number of rotatable bonds is 5. The molecule has 0 radical (unpaired) electrons. The number of aliphatic hydroxyl groups excluding tert-OH is 1. The van der Waals surface area contributed by atoms with Crippen LogP contribution in [0.2, 0.25) is 0 Å². The van der Waals surface area contributed by atoms with Gasteiger partial charge in [0.1, 0.15) is 0 Å². The number of aliphatic hydroxyl groups is 1. The van der Waals surface area contributed by atoms with Gasteiger partial charge in [0.15, 0.2) is 0 Å². The molecule has 1 aromatic heterocycles. The van der Waals surface area contributed by atoms with Crippen molar-refractivity contribution in [2.75, 3.05) is 0 Å². The summed E-state index contributed by atoms with van der Waals surface area (Å²) in [6.45, 7) is 6.41. The summed E-state index contributed by atoms with van der Waals surface area (Å²) in [6, 6.07) is 8.27. The van der Waals surface area contributed by atoms with Crippen molar-refractivity contribution in [1.29, 1.82) is 0 Å². The summed E-state index contributed by atoms with van der Waals surface area (Å²) in [5.74, 6) is 0.633. The van der Waals surface area contributed by atoms with E-state index in [0.29, 0.717) is 12.3 Å². The van der Waals surface area contributed by atoms with Crippen molar-refractivity contribution in [1.82, 2.24) is 4.98 Å². The Morgan fingerprint density at radius 3 is 2.68 bits per heavy atom. The molecule has 1 unspecified atom stereocenters. The molecule has 0 aliphatic rings. The fourth-order valence-corrected chi connectivity index (χ4v) is 2.84. The summed E-state index contributed by atoms with van der Waals surface area (Å²) < 4.78 is 0. The number of hydrogen-bond donors (Lipinski definition) is 1. The molecule has 1 N–H and O–H groups in total. The van der Waals surface area contributed by atoms with Crippen LogP contribution in [-0.2, 0) is 12.8 Å². The lowest BCUT2D eigenvalue weighted by atomic mass is 9.98. The van der Waals surface area contributed by atoms with Crippen LogP contribution in [0.4, 0.5) is 0 Å². The molecule has 0 bridgehead atoms. The standard InChI is InChI=1S/C16H21NOS/c1-11(2)7-13-5-4-6-14(8-13)16(18)9-15-10-19-12(3)17-15/h4-6,8,10-11,16,18H,7,9H2,1-3H3.